The normalized spacial score (nSPS) is 10.9. The molecule has 0 aliphatic heterocycles. The highest BCUT2D eigenvalue weighted by atomic mass is 16.5. The maximum absolute atomic E-state index is 5.55. The molecule has 0 bridgehead atoms. The minimum absolute atomic E-state index is 0.801. The molecule has 0 heterocycles. The molecule has 0 amide bonds. The highest BCUT2D eigenvalue weighted by Crippen LogP contribution is 2.44. The van der Waals surface area contributed by atoms with E-state index in [9.17, 15) is 0 Å². The van der Waals surface area contributed by atoms with E-state index >= 15 is 0 Å². The Bertz CT molecular complexity index is 3840. The van der Waals surface area contributed by atoms with Crippen LogP contribution in [0.15, 0.2) is 291 Å². The summed E-state index contributed by atoms with van der Waals surface area (Å²) in [5, 5.41) is 4.82. The molecule has 4 nitrogen and oxygen atoms in total. The van der Waals surface area contributed by atoms with Crippen LogP contribution in [0.2, 0.25) is 0 Å². The molecule has 0 saturated carbocycles. The standard InChI is InChI=1S/C74H56N2O2/c1-77-65-47-43-63(44-48-65)76(64-45-49-66(78-2)50-46-64)62-41-39-61(40-42-62)75(59-35-31-53(32-36-59)51-71(54-19-7-3-8-20-54)55-21-9-4-10-22-55)60-37-33-58(34-38-60)74-69-29-17-15-27-67(69)73(68-28-16-18-30-70(68)74)52-72(56-23-11-5-12-24-56)57-25-13-6-14-26-57/h3-52H,1-2H3. The zero-order chi connectivity index (χ0) is 52.6. The predicted octanol–water partition coefficient (Wildman–Crippen LogP) is 19.8. The van der Waals surface area contributed by atoms with Gasteiger partial charge in [0.15, 0.2) is 0 Å². The fourth-order valence-corrected chi connectivity index (χ4v) is 10.7. The number of hydrogen-bond donors (Lipinski definition) is 0. The number of fused-ring (bicyclic) bond motifs is 2. The van der Waals surface area contributed by atoms with Gasteiger partial charge in [0.05, 0.1) is 14.2 Å². The molecule has 0 atom stereocenters. The molecule has 0 fully saturated rings. The van der Waals surface area contributed by atoms with Crippen LogP contribution in [0.4, 0.5) is 34.1 Å². The number of rotatable bonds is 15. The van der Waals surface area contributed by atoms with Crippen LogP contribution in [0, 0.1) is 0 Å². The SMILES string of the molecule is COc1ccc(N(c2ccc(OC)cc2)c2ccc(N(c3ccc(C=C(c4ccccc4)c4ccccc4)cc3)c3ccc(-c4c5ccccc5c(C=C(c5ccccc5)c5ccccc5)c5ccccc45)cc3)cc2)cc1. The van der Waals surface area contributed by atoms with Crippen molar-refractivity contribution < 1.29 is 9.47 Å². The van der Waals surface area contributed by atoms with Crippen molar-refractivity contribution in [3.8, 4) is 22.6 Å². The van der Waals surface area contributed by atoms with Gasteiger partial charge in [-0.3, -0.25) is 0 Å². The second-order valence-corrected chi connectivity index (χ2v) is 19.2. The molecule has 0 unspecified atom stereocenters. The third kappa shape index (κ3) is 10.1. The molecule has 12 aromatic carbocycles. The quantitative estimate of drug-likeness (QED) is 0.0755. The maximum atomic E-state index is 5.55. The minimum Gasteiger partial charge on any atom is -0.497 e. The maximum Gasteiger partial charge on any atom is 0.119 e. The van der Waals surface area contributed by atoms with Crippen LogP contribution in [0.25, 0.3) is 56.0 Å². The molecule has 0 spiro atoms. The molecule has 0 radical (unpaired) electrons. The first-order valence-corrected chi connectivity index (χ1v) is 26.4. The van der Waals surface area contributed by atoms with Crippen molar-refractivity contribution in [1.29, 1.82) is 0 Å². The monoisotopic (exact) mass is 1000 g/mol. The van der Waals surface area contributed by atoms with Gasteiger partial charge in [0.25, 0.3) is 0 Å². The van der Waals surface area contributed by atoms with Crippen LogP contribution in [-0.4, -0.2) is 14.2 Å². The second kappa shape index (κ2) is 22.4. The van der Waals surface area contributed by atoms with E-state index in [0.717, 1.165) is 56.8 Å². The number of ether oxygens (including phenoxy) is 2. The number of hydrogen-bond acceptors (Lipinski definition) is 4. The van der Waals surface area contributed by atoms with Crippen LogP contribution >= 0.6 is 0 Å². The third-order valence-corrected chi connectivity index (χ3v) is 14.5. The van der Waals surface area contributed by atoms with Crippen molar-refractivity contribution in [3.63, 3.8) is 0 Å². The van der Waals surface area contributed by atoms with Crippen LogP contribution < -0.4 is 19.3 Å². The highest BCUT2D eigenvalue weighted by molar-refractivity contribution is 6.19. The van der Waals surface area contributed by atoms with Crippen molar-refractivity contribution >= 4 is 79.0 Å². The lowest BCUT2D eigenvalue weighted by Gasteiger charge is -2.28. The summed E-state index contributed by atoms with van der Waals surface area (Å²) in [6.45, 7) is 0. The first-order valence-electron chi connectivity index (χ1n) is 26.4. The van der Waals surface area contributed by atoms with Gasteiger partial charge in [0.2, 0.25) is 0 Å². The average molecular weight is 1010 g/mol. The van der Waals surface area contributed by atoms with Crippen LogP contribution in [0.3, 0.4) is 0 Å². The number of methoxy groups -OCH3 is 2. The molecule has 78 heavy (non-hydrogen) atoms. The highest BCUT2D eigenvalue weighted by Gasteiger charge is 2.20. The second-order valence-electron chi connectivity index (χ2n) is 19.2. The van der Waals surface area contributed by atoms with Gasteiger partial charge in [-0.05, 0) is 186 Å². The van der Waals surface area contributed by atoms with Gasteiger partial charge in [0.1, 0.15) is 11.5 Å². The zero-order valence-corrected chi connectivity index (χ0v) is 43.6. The van der Waals surface area contributed by atoms with Crippen molar-refractivity contribution in [1.82, 2.24) is 0 Å². The van der Waals surface area contributed by atoms with Crippen LogP contribution in [-0.2, 0) is 0 Å². The lowest BCUT2D eigenvalue weighted by atomic mass is 9.86. The molecule has 0 aliphatic rings. The lowest BCUT2D eigenvalue weighted by molar-refractivity contribution is 0.415. The summed E-state index contributed by atoms with van der Waals surface area (Å²) in [6.07, 6.45) is 4.68. The molecule has 0 N–H and O–H groups in total. The van der Waals surface area contributed by atoms with E-state index in [1.807, 2.05) is 24.3 Å². The Morgan fingerprint density at radius 2 is 0.564 bits per heavy atom. The first kappa shape index (κ1) is 48.8. The number of nitrogens with zero attached hydrogens (tertiary/aromatic N) is 2. The summed E-state index contributed by atoms with van der Waals surface area (Å²) in [6, 6.07) is 104. The predicted molar refractivity (Wildman–Crippen MR) is 329 cm³/mol. The average Bonchev–Trinajstić information content (AvgIpc) is 3.70. The van der Waals surface area contributed by atoms with Crippen LogP contribution in [0.5, 0.6) is 11.5 Å². The summed E-state index contributed by atoms with van der Waals surface area (Å²) in [5.41, 5.74) is 17.8. The molecule has 0 saturated heterocycles. The van der Waals surface area contributed by atoms with E-state index in [2.05, 4.69) is 289 Å². The van der Waals surface area contributed by atoms with Crippen LogP contribution in [0.1, 0.15) is 33.4 Å². The zero-order valence-electron chi connectivity index (χ0n) is 43.6. The fraction of sp³-hybridized carbons (Fsp3) is 0.0270. The molecule has 12 aromatic rings. The third-order valence-electron chi connectivity index (χ3n) is 14.5. The number of anilines is 6. The summed E-state index contributed by atoms with van der Waals surface area (Å²) >= 11 is 0. The van der Waals surface area contributed by atoms with Gasteiger partial charge in [-0.25, -0.2) is 0 Å². The molecule has 374 valence electrons. The molecule has 0 aromatic heterocycles. The molecular weight excluding hydrogens is 949 g/mol. The van der Waals surface area contributed by atoms with Gasteiger partial charge in [-0.2, -0.15) is 0 Å². The first-order chi connectivity index (χ1) is 38.6. The smallest absolute Gasteiger partial charge is 0.119 e. The topological polar surface area (TPSA) is 24.9 Å². The van der Waals surface area contributed by atoms with Gasteiger partial charge in [0, 0.05) is 34.1 Å². The Balaban J connectivity index is 0.975. The summed E-state index contributed by atoms with van der Waals surface area (Å²) in [5.74, 6) is 1.60. The van der Waals surface area contributed by atoms with E-state index in [4.69, 9.17) is 9.47 Å². The van der Waals surface area contributed by atoms with E-state index < -0.39 is 0 Å². The van der Waals surface area contributed by atoms with Crippen molar-refractivity contribution in [2.24, 2.45) is 0 Å². The van der Waals surface area contributed by atoms with E-state index in [1.165, 1.54) is 66.1 Å². The van der Waals surface area contributed by atoms with Gasteiger partial charge < -0.3 is 19.3 Å². The summed E-state index contributed by atoms with van der Waals surface area (Å²) < 4.78 is 11.1. The van der Waals surface area contributed by atoms with Crippen molar-refractivity contribution in [2.75, 3.05) is 24.0 Å². The summed E-state index contributed by atoms with van der Waals surface area (Å²) in [4.78, 5) is 4.60. The van der Waals surface area contributed by atoms with Gasteiger partial charge >= 0.3 is 0 Å². The van der Waals surface area contributed by atoms with E-state index in [0.29, 0.717) is 0 Å². The fourth-order valence-electron chi connectivity index (χ4n) is 10.7. The molecule has 4 heteroatoms. The van der Waals surface area contributed by atoms with Crippen molar-refractivity contribution in [3.05, 3.63) is 325 Å². The Morgan fingerprint density at radius 1 is 0.282 bits per heavy atom. The van der Waals surface area contributed by atoms with E-state index in [-0.39, 0.29) is 0 Å². The lowest BCUT2D eigenvalue weighted by Crippen LogP contribution is -2.12. The Labute approximate surface area is 457 Å². The Kier molecular flexibility index (Phi) is 14.0. The van der Waals surface area contributed by atoms with Gasteiger partial charge in [-0.15, -0.1) is 0 Å². The summed E-state index contributed by atoms with van der Waals surface area (Å²) in [7, 11) is 3.39. The van der Waals surface area contributed by atoms with Gasteiger partial charge in [-0.1, -0.05) is 194 Å². The molecule has 12 rings (SSSR count). The Hall–Kier alpha value is -10.2. The molecular formula is C74H56N2O2. The largest absolute Gasteiger partial charge is 0.497 e. The van der Waals surface area contributed by atoms with Crippen molar-refractivity contribution in [2.45, 2.75) is 0 Å². The Morgan fingerprint density at radius 3 is 0.910 bits per heavy atom. The number of benzene rings is 12. The van der Waals surface area contributed by atoms with E-state index in [1.54, 1.807) is 14.2 Å². The molecule has 0 aliphatic carbocycles. The minimum atomic E-state index is 0.801.